The number of hydrogen-bond donors (Lipinski definition) is 1. The first-order valence-corrected chi connectivity index (χ1v) is 8.14. The summed E-state index contributed by atoms with van der Waals surface area (Å²) >= 11 is 3.65. The van der Waals surface area contributed by atoms with Crippen molar-refractivity contribution in [2.45, 2.75) is 60.2 Å². The summed E-state index contributed by atoms with van der Waals surface area (Å²) in [6, 6.07) is 0.148. The second-order valence-corrected chi connectivity index (χ2v) is 6.44. The van der Waals surface area contributed by atoms with Crippen LogP contribution in [-0.4, -0.2) is 25.6 Å². The Morgan fingerprint density at radius 1 is 1.14 bits per heavy atom. The monoisotopic (exact) mass is 353 g/mol. The van der Waals surface area contributed by atoms with E-state index in [2.05, 4.69) is 51.6 Å². The van der Waals surface area contributed by atoms with Gasteiger partial charge >= 0.3 is 0 Å². The van der Waals surface area contributed by atoms with Crippen molar-refractivity contribution >= 4 is 15.9 Å². The number of nitrogens with two attached hydrogens (primary N) is 1. The van der Waals surface area contributed by atoms with E-state index in [0.29, 0.717) is 0 Å². The fourth-order valence-electron chi connectivity index (χ4n) is 2.67. The zero-order valence-corrected chi connectivity index (χ0v) is 15.0. The summed E-state index contributed by atoms with van der Waals surface area (Å²) in [5.74, 6) is 0. The maximum absolute atomic E-state index is 5.94. The smallest absolute Gasteiger partial charge is 0.0843 e. The quantitative estimate of drug-likeness (QED) is 0.898. The Labute approximate surface area is 134 Å². The van der Waals surface area contributed by atoms with Gasteiger partial charge in [0.2, 0.25) is 0 Å². The molecular weight excluding hydrogens is 330 g/mol. The first-order chi connectivity index (χ1) is 9.85. The van der Waals surface area contributed by atoms with Gasteiger partial charge in [0.1, 0.15) is 0 Å². The lowest BCUT2D eigenvalue weighted by Crippen LogP contribution is -2.18. The highest BCUT2D eigenvalue weighted by Crippen LogP contribution is 2.23. The van der Waals surface area contributed by atoms with Crippen LogP contribution in [0.25, 0.3) is 0 Å². The van der Waals surface area contributed by atoms with Gasteiger partial charge in [-0.05, 0) is 62.5 Å². The Bertz CT molecular complexity index is 639. The van der Waals surface area contributed by atoms with Crippen LogP contribution in [0, 0.1) is 20.8 Å². The lowest BCUT2D eigenvalue weighted by atomic mass is 10.1. The van der Waals surface area contributed by atoms with Crippen molar-refractivity contribution in [2.75, 3.05) is 0 Å². The molecule has 0 fully saturated rings. The van der Waals surface area contributed by atoms with E-state index < -0.39 is 0 Å². The maximum atomic E-state index is 5.94. The van der Waals surface area contributed by atoms with Crippen molar-refractivity contribution in [1.82, 2.24) is 19.6 Å². The van der Waals surface area contributed by atoms with Crippen LogP contribution in [0.15, 0.2) is 4.47 Å². The molecule has 1 unspecified atom stereocenters. The Balaban J connectivity index is 2.37. The average molecular weight is 354 g/mol. The second-order valence-electron chi connectivity index (χ2n) is 5.65. The highest BCUT2D eigenvalue weighted by atomic mass is 79.9. The van der Waals surface area contributed by atoms with E-state index in [1.54, 1.807) is 0 Å². The fourth-order valence-corrected chi connectivity index (χ4v) is 3.08. The lowest BCUT2D eigenvalue weighted by molar-refractivity contribution is 0.565. The van der Waals surface area contributed by atoms with Crippen LogP contribution in [0.1, 0.15) is 42.2 Å². The van der Waals surface area contributed by atoms with Crippen LogP contribution in [0.2, 0.25) is 0 Å². The molecule has 0 saturated carbocycles. The summed E-state index contributed by atoms with van der Waals surface area (Å²) in [7, 11) is 0. The molecule has 2 N–H and O–H groups in total. The molecule has 0 aliphatic carbocycles. The van der Waals surface area contributed by atoms with Crippen molar-refractivity contribution in [2.24, 2.45) is 5.73 Å². The standard InChI is InChI=1S/C15H24BrN5/c1-6-20-14(15(16)11(4)19-20)8-21-12(5)13(7-9(2)17)10(3)18-21/h9H,6-8,17H2,1-5H3. The van der Waals surface area contributed by atoms with Crippen LogP contribution in [0.3, 0.4) is 0 Å². The van der Waals surface area contributed by atoms with Gasteiger partial charge in [-0.1, -0.05) is 0 Å². The van der Waals surface area contributed by atoms with Crippen LogP contribution in [-0.2, 0) is 19.5 Å². The van der Waals surface area contributed by atoms with Gasteiger partial charge in [-0.3, -0.25) is 9.36 Å². The van der Waals surface area contributed by atoms with Crippen molar-refractivity contribution in [3.05, 3.63) is 32.8 Å². The van der Waals surface area contributed by atoms with E-state index in [-0.39, 0.29) is 6.04 Å². The van der Waals surface area contributed by atoms with Crippen LogP contribution in [0.5, 0.6) is 0 Å². The van der Waals surface area contributed by atoms with Crippen LogP contribution in [0.4, 0.5) is 0 Å². The molecule has 116 valence electrons. The summed E-state index contributed by atoms with van der Waals surface area (Å²) in [5.41, 5.74) is 11.6. The number of hydrogen-bond acceptors (Lipinski definition) is 3. The van der Waals surface area contributed by atoms with E-state index in [1.807, 2.05) is 18.5 Å². The minimum absolute atomic E-state index is 0.148. The minimum atomic E-state index is 0.148. The molecule has 6 heteroatoms. The zero-order valence-electron chi connectivity index (χ0n) is 13.4. The highest BCUT2D eigenvalue weighted by molar-refractivity contribution is 9.10. The molecule has 0 spiro atoms. The molecule has 2 rings (SSSR count). The Morgan fingerprint density at radius 2 is 1.76 bits per heavy atom. The van der Waals surface area contributed by atoms with Crippen LogP contribution < -0.4 is 5.73 Å². The van der Waals surface area contributed by atoms with Crippen molar-refractivity contribution in [3.63, 3.8) is 0 Å². The van der Waals surface area contributed by atoms with Crippen molar-refractivity contribution in [1.29, 1.82) is 0 Å². The molecule has 0 aromatic carbocycles. The van der Waals surface area contributed by atoms with Gasteiger partial charge in [-0.15, -0.1) is 0 Å². The summed E-state index contributed by atoms with van der Waals surface area (Å²) in [6.07, 6.45) is 0.866. The zero-order chi connectivity index (χ0) is 15.7. The van der Waals surface area contributed by atoms with Crippen molar-refractivity contribution < 1.29 is 0 Å². The van der Waals surface area contributed by atoms with Crippen molar-refractivity contribution in [3.8, 4) is 0 Å². The molecule has 2 aromatic heterocycles. The number of rotatable bonds is 5. The van der Waals surface area contributed by atoms with E-state index in [4.69, 9.17) is 5.73 Å². The third kappa shape index (κ3) is 3.21. The molecule has 0 amide bonds. The van der Waals surface area contributed by atoms with Gasteiger partial charge in [0.05, 0.1) is 28.1 Å². The van der Waals surface area contributed by atoms with E-state index in [0.717, 1.165) is 41.1 Å². The lowest BCUT2D eigenvalue weighted by Gasteiger charge is -2.09. The largest absolute Gasteiger partial charge is 0.328 e. The number of aromatic nitrogens is 4. The van der Waals surface area contributed by atoms with E-state index >= 15 is 0 Å². The maximum Gasteiger partial charge on any atom is 0.0843 e. The van der Waals surface area contributed by atoms with E-state index in [1.165, 1.54) is 11.3 Å². The van der Waals surface area contributed by atoms with Gasteiger partial charge in [-0.2, -0.15) is 10.2 Å². The molecular formula is C15H24BrN5. The first kappa shape index (κ1) is 16.2. The molecule has 0 bridgehead atoms. The minimum Gasteiger partial charge on any atom is -0.328 e. The van der Waals surface area contributed by atoms with Gasteiger partial charge in [0.15, 0.2) is 0 Å². The number of nitrogens with zero attached hydrogens (tertiary/aromatic N) is 4. The number of halogens is 1. The molecule has 5 nitrogen and oxygen atoms in total. The molecule has 0 aliphatic rings. The summed E-state index contributed by atoms with van der Waals surface area (Å²) in [4.78, 5) is 0. The molecule has 21 heavy (non-hydrogen) atoms. The first-order valence-electron chi connectivity index (χ1n) is 7.35. The molecule has 1 atom stereocenters. The van der Waals surface area contributed by atoms with E-state index in [9.17, 15) is 0 Å². The summed E-state index contributed by atoms with van der Waals surface area (Å²) in [5, 5.41) is 9.22. The topological polar surface area (TPSA) is 61.7 Å². The van der Waals surface area contributed by atoms with Gasteiger partial charge in [0, 0.05) is 18.3 Å². The SMILES string of the molecule is CCn1nc(C)c(Br)c1Cn1nc(C)c(CC(C)N)c1C. The van der Waals surface area contributed by atoms with Crippen LogP contribution >= 0.6 is 15.9 Å². The molecule has 2 heterocycles. The fraction of sp³-hybridized carbons (Fsp3) is 0.600. The molecule has 2 aromatic rings. The molecule has 0 aliphatic heterocycles. The Kier molecular flexibility index (Phi) is 4.88. The summed E-state index contributed by atoms with van der Waals surface area (Å²) in [6.45, 7) is 11.9. The van der Waals surface area contributed by atoms with Gasteiger partial charge < -0.3 is 5.73 Å². The van der Waals surface area contributed by atoms with Gasteiger partial charge in [0.25, 0.3) is 0 Å². The molecule has 0 radical (unpaired) electrons. The predicted octanol–water partition coefficient (Wildman–Crippen LogP) is 2.73. The van der Waals surface area contributed by atoms with Gasteiger partial charge in [-0.25, -0.2) is 0 Å². The predicted molar refractivity (Wildman–Crippen MR) is 88.5 cm³/mol. The second kappa shape index (κ2) is 6.32. The Morgan fingerprint density at radius 3 is 2.33 bits per heavy atom. The Hall–Kier alpha value is -1.14. The number of aryl methyl sites for hydroxylation is 3. The third-order valence-corrected chi connectivity index (χ3v) is 4.84. The highest BCUT2D eigenvalue weighted by Gasteiger charge is 2.17. The molecule has 0 saturated heterocycles. The summed E-state index contributed by atoms with van der Waals surface area (Å²) < 4.78 is 5.16. The third-order valence-electron chi connectivity index (χ3n) is 3.81. The average Bonchev–Trinajstić information content (AvgIpc) is 2.83. The normalized spacial score (nSPS) is 12.9.